The first-order valence-electron chi connectivity index (χ1n) is 6.25. The van der Waals surface area contributed by atoms with Crippen LogP contribution < -0.4 is 10.1 Å². The SMILES string of the molecule is COc1cc(CC2CCCNC2)ccc1SC. The summed E-state index contributed by atoms with van der Waals surface area (Å²) in [4.78, 5) is 1.22. The van der Waals surface area contributed by atoms with Crippen LogP contribution in [0, 0.1) is 5.92 Å². The van der Waals surface area contributed by atoms with Gasteiger partial charge in [-0.05, 0) is 62.2 Å². The minimum atomic E-state index is 0.786. The summed E-state index contributed by atoms with van der Waals surface area (Å²) in [5.74, 6) is 1.80. The normalized spacial score (nSPS) is 20.2. The lowest BCUT2D eigenvalue weighted by Gasteiger charge is -2.23. The Kier molecular flexibility index (Phi) is 4.75. The fraction of sp³-hybridized carbons (Fsp3) is 0.571. The number of benzene rings is 1. The van der Waals surface area contributed by atoms with Gasteiger partial charge in [-0.2, -0.15) is 0 Å². The molecule has 0 bridgehead atoms. The van der Waals surface area contributed by atoms with Gasteiger partial charge in [-0.25, -0.2) is 0 Å². The second-order valence-corrected chi connectivity index (χ2v) is 5.45. The summed E-state index contributed by atoms with van der Waals surface area (Å²) in [6.07, 6.45) is 5.91. The van der Waals surface area contributed by atoms with Gasteiger partial charge in [-0.3, -0.25) is 0 Å². The Balaban J connectivity index is 2.05. The zero-order valence-electron chi connectivity index (χ0n) is 10.7. The highest BCUT2D eigenvalue weighted by molar-refractivity contribution is 7.98. The Morgan fingerprint density at radius 2 is 2.35 bits per heavy atom. The highest BCUT2D eigenvalue weighted by Crippen LogP contribution is 2.29. The van der Waals surface area contributed by atoms with Crippen LogP contribution in [0.25, 0.3) is 0 Å². The largest absolute Gasteiger partial charge is 0.496 e. The fourth-order valence-electron chi connectivity index (χ4n) is 2.44. The fourth-order valence-corrected chi connectivity index (χ4v) is 2.99. The van der Waals surface area contributed by atoms with Gasteiger partial charge in [0.05, 0.1) is 7.11 Å². The predicted octanol–water partition coefficient (Wildman–Crippen LogP) is 2.96. The van der Waals surface area contributed by atoms with Crippen LogP contribution in [-0.4, -0.2) is 26.5 Å². The minimum absolute atomic E-state index is 0.786. The molecule has 3 heteroatoms. The molecule has 1 aliphatic rings. The summed E-state index contributed by atoms with van der Waals surface area (Å²) in [6.45, 7) is 2.35. The van der Waals surface area contributed by atoms with Gasteiger partial charge in [-0.15, -0.1) is 11.8 Å². The minimum Gasteiger partial charge on any atom is -0.496 e. The molecule has 1 saturated heterocycles. The molecule has 2 rings (SSSR count). The van der Waals surface area contributed by atoms with Crippen molar-refractivity contribution in [3.05, 3.63) is 23.8 Å². The van der Waals surface area contributed by atoms with Crippen molar-refractivity contribution in [3.8, 4) is 5.75 Å². The quantitative estimate of drug-likeness (QED) is 0.831. The van der Waals surface area contributed by atoms with Crippen LogP contribution in [-0.2, 0) is 6.42 Å². The number of nitrogens with one attached hydrogen (secondary N) is 1. The maximum Gasteiger partial charge on any atom is 0.132 e. The van der Waals surface area contributed by atoms with Crippen molar-refractivity contribution in [2.45, 2.75) is 24.2 Å². The first kappa shape index (κ1) is 12.8. The van der Waals surface area contributed by atoms with E-state index in [4.69, 9.17) is 4.74 Å². The van der Waals surface area contributed by atoms with E-state index in [1.807, 2.05) is 0 Å². The van der Waals surface area contributed by atoms with Crippen molar-refractivity contribution in [2.24, 2.45) is 5.92 Å². The molecule has 1 N–H and O–H groups in total. The predicted molar refractivity (Wildman–Crippen MR) is 74.1 cm³/mol. The Hall–Kier alpha value is -0.670. The number of hydrogen-bond donors (Lipinski definition) is 1. The molecular weight excluding hydrogens is 230 g/mol. The van der Waals surface area contributed by atoms with Crippen LogP contribution in [0.1, 0.15) is 18.4 Å². The lowest BCUT2D eigenvalue weighted by molar-refractivity contribution is 0.374. The van der Waals surface area contributed by atoms with Gasteiger partial charge in [0.25, 0.3) is 0 Å². The van der Waals surface area contributed by atoms with Crippen molar-refractivity contribution in [3.63, 3.8) is 0 Å². The molecule has 1 fully saturated rings. The molecule has 1 aromatic carbocycles. The maximum absolute atomic E-state index is 5.43. The summed E-state index contributed by atoms with van der Waals surface area (Å²) in [5.41, 5.74) is 1.40. The summed E-state index contributed by atoms with van der Waals surface area (Å²) in [7, 11) is 1.75. The standard InChI is InChI=1S/C14H21NOS/c1-16-13-9-11(5-6-14(13)17-2)8-12-4-3-7-15-10-12/h5-6,9,12,15H,3-4,7-8,10H2,1-2H3. The highest BCUT2D eigenvalue weighted by Gasteiger charge is 2.14. The lowest BCUT2D eigenvalue weighted by Crippen LogP contribution is -2.30. The van der Waals surface area contributed by atoms with Gasteiger partial charge in [0.1, 0.15) is 5.75 Å². The van der Waals surface area contributed by atoms with Crippen molar-refractivity contribution in [1.82, 2.24) is 5.32 Å². The summed E-state index contributed by atoms with van der Waals surface area (Å²) in [5, 5.41) is 3.47. The van der Waals surface area contributed by atoms with Crippen LogP contribution in [0.5, 0.6) is 5.75 Å². The number of ether oxygens (including phenoxy) is 1. The summed E-state index contributed by atoms with van der Waals surface area (Å²) >= 11 is 1.74. The van der Waals surface area contributed by atoms with Crippen molar-refractivity contribution < 1.29 is 4.74 Å². The molecule has 0 aliphatic carbocycles. The molecule has 0 radical (unpaired) electrons. The molecule has 1 aromatic rings. The van der Waals surface area contributed by atoms with Gasteiger partial charge in [-0.1, -0.05) is 6.07 Å². The number of hydrogen-bond acceptors (Lipinski definition) is 3. The van der Waals surface area contributed by atoms with E-state index in [1.165, 1.54) is 29.8 Å². The van der Waals surface area contributed by atoms with Crippen LogP contribution in [0.15, 0.2) is 23.1 Å². The van der Waals surface area contributed by atoms with Gasteiger partial charge in [0, 0.05) is 4.90 Å². The zero-order chi connectivity index (χ0) is 12.1. The van der Waals surface area contributed by atoms with E-state index in [2.05, 4.69) is 29.8 Å². The second kappa shape index (κ2) is 6.31. The number of piperidine rings is 1. The van der Waals surface area contributed by atoms with E-state index < -0.39 is 0 Å². The van der Waals surface area contributed by atoms with Crippen LogP contribution in [0.4, 0.5) is 0 Å². The van der Waals surface area contributed by atoms with Crippen molar-refractivity contribution in [2.75, 3.05) is 26.5 Å². The molecule has 0 amide bonds. The summed E-state index contributed by atoms with van der Waals surface area (Å²) < 4.78 is 5.43. The van der Waals surface area contributed by atoms with E-state index in [9.17, 15) is 0 Å². The number of thioether (sulfide) groups is 1. The number of methoxy groups -OCH3 is 1. The van der Waals surface area contributed by atoms with Gasteiger partial charge < -0.3 is 10.1 Å². The molecule has 1 heterocycles. The first-order valence-corrected chi connectivity index (χ1v) is 7.47. The molecular formula is C14H21NOS. The molecule has 1 unspecified atom stereocenters. The highest BCUT2D eigenvalue weighted by atomic mass is 32.2. The van der Waals surface area contributed by atoms with E-state index in [0.717, 1.165) is 24.6 Å². The van der Waals surface area contributed by atoms with Crippen LogP contribution >= 0.6 is 11.8 Å². The van der Waals surface area contributed by atoms with E-state index >= 15 is 0 Å². The van der Waals surface area contributed by atoms with E-state index in [0.29, 0.717) is 0 Å². The van der Waals surface area contributed by atoms with Gasteiger partial charge in [0.15, 0.2) is 0 Å². The Labute approximate surface area is 108 Å². The van der Waals surface area contributed by atoms with E-state index in [1.54, 1.807) is 18.9 Å². The molecule has 17 heavy (non-hydrogen) atoms. The Bertz CT molecular complexity index is 361. The molecule has 1 aliphatic heterocycles. The van der Waals surface area contributed by atoms with Gasteiger partial charge >= 0.3 is 0 Å². The van der Waals surface area contributed by atoms with Crippen LogP contribution in [0.2, 0.25) is 0 Å². The van der Waals surface area contributed by atoms with Crippen molar-refractivity contribution in [1.29, 1.82) is 0 Å². The van der Waals surface area contributed by atoms with Crippen molar-refractivity contribution >= 4 is 11.8 Å². The summed E-state index contributed by atoms with van der Waals surface area (Å²) in [6, 6.07) is 6.61. The lowest BCUT2D eigenvalue weighted by atomic mass is 9.92. The third kappa shape index (κ3) is 3.39. The second-order valence-electron chi connectivity index (χ2n) is 4.61. The van der Waals surface area contributed by atoms with Crippen LogP contribution in [0.3, 0.4) is 0 Å². The van der Waals surface area contributed by atoms with E-state index in [-0.39, 0.29) is 0 Å². The smallest absolute Gasteiger partial charge is 0.132 e. The Morgan fingerprint density at radius 3 is 3.00 bits per heavy atom. The third-order valence-electron chi connectivity index (χ3n) is 3.37. The first-order chi connectivity index (χ1) is 8.33. The molecule has 2 nitrogen and oxygen atoms in total. The molecule has 1 atom stereocenters. The molecule has 0 saturated carbocycles. The molecule has 0 aromatic heterocycles. The maximum atomic E-state index is 5.43. The number of rotatable bonds is 4. The monoisotopic (exact) mass is 251 g/mol. The third-order valence-corrected chi connectivity index (χ3v) is 4.15. The average Bonchev–Trinajstić information content (AvgIpc) is 2.40. The molecule has 0 spiro atoms. The van der Waals surface area contributed by atoms with Gasteiger partial charge in [0.2, 0.25) is 0 Å². The molecule has 94 valence electrons. The average molecular weight is 251 g/mol. The Morgan fingerprint density at radius 1 is 1.47 bits per heavy atom. The zero-order valence-corrected chi connectivity index (χ0v) is 11.5. The topological polar surface area (TPSA) is 21.3 Å².